The highest BCUT2D eigenvalue weighted by molar-refractivity contribution is 14.0. The lowest BCUT2D eigenvalue weighted by Gasteiger charge is -2.11. The maximum absolute atomic E-state index is 12.8. The predicted octanol–water partition coefficient (Wildman–Crippen LogP) is 2.92. The maximum atomic E-state index is 12.8. The van der Waals surface area contributed by atoms with Crippen molar-refractivity contribution < 1.29 is 12.8 Å². The molecular formula is C16H27FIN3O2S2. The number of halogens is 2. The van der Waals surface area contributed by atoms with E-state index in [1.54, 1.807) is 23.9 Å². The van der Waals surface area contributed by atoms with Crippen molar-refractivity contribution >= 4 is 51.5 Å². The summed E-state index contributed by atoms with van der Waals surface area (Å²) in [5, 5.41) is 6.27. The van der Waals surface area contributed by atoms with Crippen LogP contribution in [0.5, 0.6) is 0 Å². The van der Waals surface area contributed by atoms with E-state index in [1.807, 2.05) is 6.92 Å². The number of benzene rings is 1. The molecule has 0 aliphatic heterocycles. The first kappa shape index (κ1) is 24.5. The number of thioether (sulfide) groups is 1. The van der Waals surface area contributed by atoms with Crippen LogP contribution in [0.2, 0.25) is 0 Å². The molecule has 25 heavy (non-hydrogen) atoms. The SMILES string of the molecule is CCNC(=NCCCSc1ccc(F)cc1)NCCCS(C)(=O)=O.I. The smallest absolute Gasteiger partial charge is 0.191 e. The van der Waals surface area contributed by atoms with Crippen LogP contribution in [0.4, 0.5) is 4.39 Å². The van der Waals surface area contributed by atoms with Crippen LogP contribution in [0.3, 0.4) is 0 Å². The molecule has 0 saturated carbocycles. The van der Waals surface area contributed by atoms with Gasteiger partial charge in [-0.2, -0.15) is 0 Å². The molecule has 0 bridgehead atoms. The van der Waals surface area contributed by atoms with E-state index >= 15 is 0 Å². The van der Waals surface area contributed by atoms with Gasteiger partial charge in [0, 0.05) is 30.8 Å². The monoisotopic (exact) mass is 503 g/mol. The topological polar surface area (TPSA) is 70.6 Å². The molecule has 0 radical (unpaired) electrons. The third kappa shape index (κ3) is 13.3. The van der Waals surface area contributed by atoms with Gasteiger partial charge < -0.3 is 10.6 Å². The molecule has 0 heterocycles. The molecule has 0 saturated heterocycles. The molecule has 1 rings (SSSR count). The van der Waals surface area contributed by atoms with Crippen molar-refractivity contribution in [1.29, 1.82) is 0 Å². The molecule has 0 fully saturated rings. The van der Waals surface area contributed by atoms with Crippen LogP contribution in [-0.4, -0.2) is 51.8 Å². The lowest BCUT2D eigenvalue weighted by atomic mass is 10.4. The minimum atomic E-state index is -2.91. The predicted molar refractivity (Wildman–Crippen MR) is 115 cm³/mol. The summed E-state index contributed by atoms with van der Waals surface area (Å²) in [6.45, 7) is 3.99. The van der Waals surface area contributed by atoms with Gasteiger partial charge in [0.25, 0.3) is 0 Å². The average molecular weight is 503 g/mol. The normalized spacial score (nSPS) is 11.7. The van der Waals surface area contributed by atoms with Gasteiger partial charge >= 0.3 is 0 Å². The fourth-order valence-corrected chi connectivity index (χ4v) is 3.37. The van der Waals surface area contributed by atoms with Crippen molar-refractivity contribution in [2.45, 2.75) is 24.7 Å². The summed E-state index contributed by atoms with van der Waals surface area (Å²) in [4.78, 5) is 5.51. The van der Waals surface area contributed by atoms with E-state index in [-0.39, 0.29) is 35.5 Å². The number of nitrogens with one attached hydrogen (secondary N) is 2. The van der Waals surface area contributed by atoms with E-state index in [9.17, 15) is 12.8 Å². The van der Waals surface area contributed by atoms with Gasteiger partial charge in [-0.25, -0.2) is 12.8 Å². The van der Waals surface area contributed by atoms with Crippen LogP contribution in [0.15, 0.2) is 34.2 Å². The summed E-state index contributed by atoms with van der Waals surface area (Å²) in [5.74, 6) is 1.56. The van der Waals surface area contributed by atoms with Crippen LogP contribution in [0.25, 0.3) is 0 Å². The molecule has 1 aromatic carbocycles. The zero-order valence-corrected chi connectivity index (χ0v) is 18.6. The molecule has 0 spiro atoms. The Morgan fingerprint density at radius 2 is 1.88 bits per heavy atom. The van der Waals surface area contributed by atoms with Crippen molar-refractivity contribution in [2.75, 3.05) is 37.4 Å². The number of hydrogen-bond acceptors (Lipinski definition) is 4. The second-order valence-corrected chi connectivity index (χ2v) is 8.75. The van der Waals surface area contributed by atoms with Gasteiger partial charge in [0.05, 0.1) is 5.75 Å². The Labute approximate surface area is 171 Å². The number of rotatable bonds is 10. The lowest BCUT2D eigenvalue weighted by molar-refractivity contribution is 0.598. The lowest BCUT2D eigenvalue weighted by Crippen LogP contribution is -2.38. The van der Waals surface area contributed by atoms with Crippen LogP contribution >= 0.6 is 35.7 Å². The van der Waals surface area contributed by atoms with Crippen molar-refractivity contribution in [1.82, 2.24) is 10.6 Å². The second-order valence-electron chi connectivity index (χ2n) is 5.33. The third-order valence-corrected chi connectivity index (χ3v) is 5.11. The maximum Gasteiger partial charge on any atom is 0.191 e. The van der Waals surface area contributed by atoms with Crippen LogP contribution in [0.1, 0.15) is 19.8 Å². The summed E-state index contributed by atoms with van der Waals surface area (Å²) < 4.78 is 35.0. The van der Waals surface area contributed by atoms with Gasteiger partial charge in [0.1, 0.15) is 15.7 Å². The van der Waals surface area contributed by atoms with Gasteiger partial charge in [-0.15, -0.1) is 35.7 Å². The number of nitrogens with zero attached hydrogens (tertiary/aromatic N) is 1. The van der Waals surface area contributed by atoms with E-state index in [1.165, 1.54) is 18.4 Å². The Bertz CT molecular complexity index is 610. The first-order valence-electron chi connectivity index (χ1n) is 7.99. The highest BCUT2D eigenvalue weighted by atomic mass is 127. The van der Waals surface area contributed by atoms with Crippen molar-refractivity contribution in [3.05, 3.63) is 30.1 Å². The molecule has 1 aromatic rings. The Morgan fingerprint density at radius 1 is 1.20 bits per heavy atom. The van der Waals surface area contributed by atoms with Crippen molar-refractivity contribution in [3.8, 4) is 0 Å². The molecule has 0 atom stereocenters. The second kappa shape index (κ2) is 13.6. The Kier molecular flexibility index (Phi) is 13.3. The Balaban J connectivity index is 0.00000576. The van der Waals surface area contributed by atoms with Crippen LogP contribution in [-0.2, 0) is 9.84 Å². The summed E-state index contributed by atoms with van der Waals surface area (Å²) in [5.41, 5.74) is 0. The van der Waals surface area contributed by atoms with Gasteiger partial charge in [-0.05, 0) is 49.8 Å². The number of guanidine groups is 1. The third-order valence-electron chi connectivity index (χ3n) is 2.98. The molecule has 0 amide bonds. The molecule has 144 valence electrons. The summed E-state index contributed by atoms with van der Waals surface area (Å²) >= 11 is 1.67. The zero-order chi connectivity index (χ0) is 17.8. The average Bonchev–Trinajstić information content (AvgIpc) is 2.52. The molecule has 0 aliphatic rings. The van der Waals surface area contributed by atoms with E-state index in [4.69, 9.17) is 0 Å². The Hall–Kier alpha value is -0.550. The van der Waals surface area contributed by atoms with E-state index in [0.29, 0.717) is 25.5 Å². The molecular weight excluding hydrogens is 476 g/mol. The van der Waals surface area contributed by atoms with Crippen molar-refractivity contribution in [3.63, 3.8) is 0 Å². The molecule has 0 aliphatic carbocycles. The largest absolute Gasteiger partial charge is 0.357 e. The molecule has 0 aromatic heterocycles. The first-order chi connectivity index (χ1) is 11.4. The summed E-state index contributed by atoms with van der Waals surface area (Å²) in [6.07, 6.45) is 2.71. The minimum Gasteiger partial charge on any atom is -0.357 e. The van der Waals surface area contributed by atoms with Crippen LogP contribution < -0.4 is 10.6 Å². The van der Waals surface area contributed by atoms with Gasteiger partial charge in [0.2, 0.25) is 0 Å². The van der Waals surface area contributed by atoms with E-state index in [2.05, 4.69) is 15.6 Å². The van der Waals surface area contributed by atoms with E-state index in [0.717, 1.165) is 23.6 Å². The summed E-state index contributed by atoms with van der Waals surface area (Å²) in [6, 6.07) is 6.47. The standard InChI is InChI=1S/C16H26FN3O2S2.HI/c1-3-18-16(20-11-5-13-24(2,21)22)19-10-4-12-23-15-8-6-14(17)7-9-15;/h6-9H,3-5,10-13H2,1-2H3,(H2,18,19,20);1H. The fraction of sp³-hybridized carbons (Fsp3) is 0.562. The molecule has 9 heteroatoms. The highest BCUT2D eigenvalue weighted by Gasteiger charge is 2.02. The number of aliphatic imine (C=N–C) groups is 1. The minimum absolute atomic E-state index is 0. The van der Waals surface area contributed by atoms with E-state index < -0.39 is 9.84 Å². The van der Waals surface area contributed by atoms with Gasteiger partial charge in [-0.1, -0.05) is 0 Å². The first-order valence-corrected chi connectivity index (χ1v) is 11.0. The molecule has 5 nitrogen and oxygen atoms in total. The Morgan fingerprint density at radius 3 is 2.48 bits per heavy atom. The van der Waals surface area contributed by atoms with Gasteiger partial charge in [-0.3, -0.25) is 4.99 Å². The fourth-order valence-electron chi connectivity index (χ4n) is 1.86. The van der Waals surface area contributed by atoms with Crippen LogP contribution in [0, 0.1) is 5.82 Å². The van der Waals surface area contributed by atoms with Gasteiger partial charge in [0.15, 0.2) is 5.96 Å². The molecule has 0 unspecified atom stereocenters. The zero-order valence-electron chi connectivity index (χ0n) is 14.6. The quantitative estimate of drug-likeness (QED) is 0.169. The number of sulfone groups is 1. The van der Waals surface area contributed by atoms with Crippen molar-refractivity contribution in [2.24, 2.45) is 4.99 Å². The summed E-state index contributed by atoms with van der Waals surface area (Å²) in [7, 11) is -2.91. The number of hydrogen-bond donors (Lipinski definition) is 2. The molecule has 2 N–H and O–H groups in total. The highest BCUT2D eigenvalue weighted by Crippen LogP contribution is 2.18.